The first-order chi connectivity index (χ1) is 17.3. The lowest BCUT2D eigenvalue weighted by molar-refractivity contribution is -0.157. The Bertz CT molecular complexity index is 1320. The predicted molar refractivity (Wildman–Crippen MR) is 144 cm³/mol. The molecule has 4 fully saturated rings. The van der Waals surface area contributed by atoms with Gasteiger partial charge in [-0.05, 0) is 103 Å². The fourth-order valence-electron chi connectivity index (χ4n) is 9.75. The van der Waals surface area contributed by atoms with Gasteiger partial charge in [-0.2, -0.15) is 0 Å². The van der Waals surface area contributed by atoms with Gasteiger partial charge in [0, 0.05) is 19.1 Å². The van der Waals surface area contributed by atoms with E-state index in [1.807, 2.05) is 6.92 Å². The number of benzene rings is 2. The zero-order valence-electron chi connectivity index (χ0n) is 21.8. The van der Waals surface area contributed by atoms with E-state index in [2.05, 4.69) is 66.4 Å². The van der Waals surface area contributed by atoms with E-state index in [0.29, 0.717) is 17.9 Å². The van der Waals surface area contributed by atoms with E-state index >= 15 is 0 Å². The first-order valence-corrected chi connectivity index (χ1v) is 14.4. The molecule has 2 unspecified atom stereocenters. The summed E-state index contributed by atoms with van der Waals surface area (Å²) in [6.45, 7) is 6.18. The summed E-state index contributed by atoms with van der Waals surface area (Å²) in [5.74, 6) is 1.18. The third-order valence-corrected chi connectivity index (χ3v) is 11.4. The number of fused-ring (bicyclic) bond motifs is 2. The Morgan fingerprint density at radius 2 is 1.81 bits per heavy atom. The molecule has 2 spiro atoms. The van der Waals surface area contributed by atoms with Gasteiger partial charge in [-0.3, -0.25) is 4.90 Å². The van der Waals surface area contributed by atoms with E-state index in [1.165, 1.54) is 54.0 Å². The van der Waals surface area contributed by atoms with Crippen LogP contribution in [0.15, 0.2) is 65.8 Å². The second-order valence-electron chi connectivity index (χ2n) is 13.6. The molecule has 36 heavy (non-hydrogen) atoms. The van der Waals surface area contributed by atoms with E-state index in [-0.39, 0.29) is 16.6 Å². The summed E-state index contributed by atoms with van der Waals surface area (Å²) in [4.78, 5) is 2.52. The van der Waals surface area contributed by atoms with Crippen molar-refractivity contribution in [2.75, 3.05) is 13.1 Å². The Hall–Kier alpha value is -1.94. The zero-order valence-corrected chi connectivity index (χ0v) is 21.8. The number of nitrogens with zero attached hydrogens (tertiary/aromatic N) is 1. The molecule has 3 aliphatic carbocycles. The maximum absolute atomic E-state index is 10.3. The summed E-state index contributed by atoms with van der Waals surface area (Å²) in [5, 5.41) is 13.1. The van der Waals surface area contributed by atoms with Crippen molar-refractivity contribution in [1.82, 2.24) is 4.90 Å². The maximum atomic E-state index is 10.3. The van der Waals surface area contributed by atoms with Gasteiger partial charge in [-0.25, -0.2) is 0 Å². The number of hydrogen-bond donors (Lipinski definition) is 1. The van der Waals surface area contributed by atoms with Crippen molar-refractivity contribution in [2.45, 2.75) is 94.0 Å². The maximum Gasteiger partial charge on any atom is 0.0974 e. The fourth-order valence-corrected chi connectivity index (χ4v) is 9.75. The van der Waals surface area contributed by atoms with E-state index in [4.69, 9.17) is 4.74 Å². The molecule has 2 saturated carbocycles. The number of rotatable bonds is 2. The summed E-state index contributed by atoms with van der Waals surface area (Å²) < 4.78 is 7.49. The third kappa shape index (κ3) is 2.86. The molecule has 2 aromatic carbocycles. The van der Waals surface area contributed by atoms with Crippen LogP contribution in [0.5, 0.6) is 0 Å². The van der Waals surface area contributed by atoms with E-state index in [0.717, 1.165) is 32.4 Å². The van der Waals surface area contributed by atoms with Gasteiger partial charge in [-0.15, -0.1) is 0 Å². The molecule has 2 bridgehead atoms. The normalized spacial score (nSPS) is 42.7. The number of likely N-dealkylation sites (tertiary alicyclic amines) is 1. The lowest BCUT2D eigenvalue weighted by atomic mass is 9.58. The summed E-state index contributed by atoms with van der Waals surface area (Å²) in [5.41, 5.74) is 4.18. The quantitative estimate of drug-likeness (QED) is 0.530. The largest absolute Gasteiger partial charge is 0.388 e. The van der Waals surface area contributed by atoms with Crippen LogP contribution < -0.4 is 0 Å². The third-order valence-electron chi connectivity index (χ3n) is 11.4. The number of allylic oxidation sites excluding steroid dienone is 1. The van der Waals surface area contributed by atoms with Crippen molar-refractivity contribution in [3.63, 3.8) is 0 Å². The van der Waals surface area contributed by atoms with Crippen LogP contribution in [0, 0.1) is 11.3 Å². The van der Waals surface area contributed by atoms with Crippen LogP contribution in [0.1, 0.15) is 76.7 Å². The molecule has 0 amide bonds. The molecule has 1 N–H and O–H groups in total. The average Bonchev–Trinajstić information content (AvgIpc) is 3.37. The molecule has 6 atom stereocenters. The van der Waals surface area contributed by atoms with Gasteiger partial charge < -0.3 is 9.84 Å². The summed E-state index contributed by atoms with van der Waals surface area (Å²) in [7, 11) is 0. The van der Waals surface area contributed by atoms with Crippen molar-refractivity contribution in [1.29, 1.82) is 0 Å². The molecule has 188 valence electrons. The Kier molecular flexibility index (Phi) is 4.37. The molecular weight excluding hydrogens is 442 g/mol. The van der Waals surface area contributed by atoms with Crippen molar-refractivity contribution >= 4 is 10.8 Å². The van der Waals surface area contributed by atoms with Crippen LogP contribution in [-0.4, -0.2) is 45.9 Å². The van der Waals surface area contributed by atoms with Gasteiger partial charge in [0.25, 0.3) is 0 Å². The average molecular weight is 482 g/mol. The molecule has 3 aliphatic heterocycles. The molecular formula is C33H39NO2. The molecule has 3 nitrogen and oxygen atoms in total. The minimum absolute atomic E-state index is 0.0685. The Balaban J connectivity index is 1.13. The highest BCUT2D eigenvalue weighted by Gasteiger charge is 2.66. The van der Waals surface area contributed by atoms with Gasteiger partial charge in [0.15, 0.2) is 0 Å². The zero-order chi connectivity index (χ0) is 24.3. The number of ether oxygens (including phenoxy) is 1. The second kappa shape index (κ2) is 7.12. The van der Waals surface area contributed by atoms with Crippen LogP contribution >= 0.6 is 0 Å². The molecule has 0 radical (unpaired) electrons. The van der Waals surface area contributed by atoms with E-state index < -0.39 is 5.60 Å². The molecule has 3 heteroatoms. The highest BCUT2D eigenvalue weighted by molar-refractivity contribution is 5.83. The lowest BCUT2D eigenvalue weighted by Gasteiger charge is -2.56. The summed E-state index contributed by atoms with van der Waals surface area (Å²) >= 11 is 0. The highest BCUT2D eigenvalue weighted by Crippen LogP contribution is 2.69. The van der Waals surface area contributed by atoms with Crippen LogP contribution in [-0.2, 0) is 4.74 Å². The van der Waals surface area contributed by atoms with E-state index in [9.17, 15) is 5.11 Å². The summed E-state index contributed by atoms with van der Waals surface area (Å²) in [6, 6.07) is 16.5. The van der Waals surface area contributed by atoms with Gasteiger partial charge in [0.2, 0.25) is 0 Å². The van der Waals surface area contributed by atoms with Crippen molar-refractivity contribution < 1.29 is 9.84 Å². The van der Waals surface area contributed by atoms with Crippen LogP contribution in [0.2, 0.25) is 0 Å². The van der Waals surface area contributed by atoms with Crippen molar-refractivity contribution in [2.24, 2.45) is 11.3 Å². The topological polar surface area (TPSA) is 32.7 Å². The first kappa shape index (κ1) is 22.1. The van der Waals surface area contributed by atoms with Crippen LogP contribution in [0.25, 0.3) is 10.8 Å². The smallest absolute Gasteiger partial charge is 0.0974 e. The molecule has 8 rings (SSSR count). The number of β-amino-alcohol motifs (C(OH)–C–C–N with tert-alkyl or cyclic N) is 1. The molecule has 2 aromatic rings. The van der Waals surface area contributed by atoms with Gasteiger partial charge in [0.05, 0.1) is 16.8 Å². The Morgan fingerprint density at radius 1 is 0.972 bits per heavy atom. The van der Waals surface area contributed by atoms with E-state index in [1.54, 1.807) is 5.57 Å². The fraction of sp³-hybridized carbons (Fsp3) is 0.576. The van der Waals surface area contributed by atoms with Crippen molar-refractivity contribution in [3.8, 4) is 0 Å². The number of hydrogen-bond acceptors (Lipinski definition) is 3. The molecule has 3 heterocycles. The highest BCUT2D eigenvalue weighted by atomic mass is 16.5. The lowest BCUT2D eigenvalue weighted by Crippen LogP contribution is -2.65. The minimum Gasteiger partial charge on any atom is -0.388 e. The van der Waals surface area contributed by atoms with Gasteiger partial charge in [0.1, 0.15) is 0 Å². The molecule has 0 aromatic heterocycles. The predicted octanol–water partition coefficient (Wildman–Crippen LogP) is 6.52. The Labute approximate surface area is 215 Å². The van der Waals surface area contributed by atoms with Crippen LogP contribution in [0.4, 0.5) is 0 Å². The first-order valence-electron chi connectivity index (χ1n) is 14.4. The Morgan fingerprint density at radius 3 is 2.64 bits per heavy atom. The monoisotopic (exact) mass is 481 g/mol. The number of aliphatic hydroxyl groups is 1. The molecule has 2 saturated heterocycles. The summed E-state index contributed by atoms with van der Waals surface area (Å²) in [6.07, 6.45) is 14.7. The van der Waals surface area contributed by atoms with Crippen molar-refractivity contribution in [3.05, 3.63) is 71.3 Å². The standard InChI is InChI=1S/C33H39NO2/c1-30(35)20-34(21-30)27-10-9-25-18-26-13-14-31(2)28(24-8-7-22-5-3-4-6-23(22)17-24)11-12-29(31)33(26)16-15-32(25,19-27)36-33/h3-8,13,17-18,27-29,35H,9-12,14-16,19-21H2,1-2H3/t27-,28?,29+,31+,32+,33?/m0/s1. The van der Waals surface area contributed by atoms with Crippen LogP contribution in [0.3, 0.4) is 0 Å². The molecule has 6 aliphatic rings. The van der Waals surface area contributed by atoms with Gasteiger partial charge in [-0.1, -0.05) is 61.5 Å². The minimum atomic E-state index is -0.499. The van der Waals surface area contributed by atoms with Gasteiger partial charge >= 0.3 is 0 Å². The SMILES string of the molecule is CC1(O)CN([C@H]2CCC3=CC4=CC[C@]5(C)C(c6ccc7ccccc7c6)CC[C@H]5C45CC[C@]3(C2)O5)C1. The second-order valence-corrected chi connectivity index (χ2v) is 13.6.